The molecule has 0 saturated heterocycles. The number of allylic oxidation sites excluding steroid dienone is 1. The zero-order valence-electron chi connectivity index (χ0n) is 18.9. The first-order valence-electron chi connectivity index (χ1n) is 11.3. The molecule has 2 aliphatic carbocycles. The van der Waals surface area contributed by atoms with E-state index in [9.17, 15) is 17.9 Å². The highest BCUT2D eigenvalue weighted by Gasteiger charge is 2.39. The standard InChI is InChI=1S/C24H24Cl2FN3O3S2/c1-14-19-12-28-30(18-6-4-17(27)5-7-18)21(19)10-15-2-3-16(23(14)15)13-29(8-9-31)35(32,33)22-11-20(25)24(26)34-22/h4-7,11-12,14,16,31H,2-3,8-10,13H2,1H3/t14-,16+/m0/s1. The Morgan fingerprint density at radius 1 is 1.29 bits per heavy atom. The van der Waals surface area contributed by atoms with E-state index in [2.05, 4.69) is 12.0 Å². The number of hydrogen-bond donors (Lipinski definition) is 1. The SMILES string of the molecule is C[C@@H]1C2=C(CC[C@@H]2CN(CCO)S(=O)(=O)c2cc(Cl)c(Cl)s2)Cc2c1cnn2-c1ccc(F)cc1. The number of thiophene rings is 1. The predicted octanol–water partition coefficient (Wildman–Crippen LogP) is 5.43. The molecule has 0 saturated carbocycles. The second-order valence-electron chi connectivity index (χ2n) is 8.90. The van der Waals surface area contributed by atoms with Crippen LogP contribution in [0.15, 0.2) is 51.9 Å². The van der Waals surface area contributed by atoms with Crippen molar-refractivity contribution in [2.75, 3.05) is 19.7 Å². The fourth-order valence-electron chi connectivity index (χ4n) is 5.32. The van der Waals surface area contributed by atoms with Crippen molar-refractivity contribution in [1.82, 2.24) is 14.1 Å². The minimum absolute atomic E-state index is 0.00326. The molecule has 2 aromatic heterocycles. The normalized spacial score (nSPS) is 19.9. The van der Waals surface area contributed by atoms with Crippen LogP contribution in [-0.2, 0) is 16.4 Å². The number of aliphatic hydroxyl groups excluding tert-OH is 1. The van der Waals surface area contributed by atoms with Crippen molar-refractivity contribution in [3.8, 4) is 5.69 Å². The molecule has 3 aromatic rings. The van der Waals surface area contributed by atoms with Gasteiger partial charge in [0.25, 0.3) is 10.0 Å². The topological polar surface area (TPSA) is 75.4 Å². The Bertz CT molecular complexity index is 1380. The Morgan fingerprint density at radius 3 is 2.69 bits per heavy atom. The summed E-state index contributed by atoms with van der Waals surface area (Å²) in [7, 11) is -3.85. The van der Waals surface area contributed by atoms with E-state index < -0.39 is 10.0 Å². The summed E-state index contributed by atoms with van der Waals surface area (Å²) in [4.78, 5) is 0. The van der Waals surface area contributed by atoms with Crippen molar-refractivity contribution >= 4 is 44.6 Å². The molecule has 1 aromatic carbocycles. The van der Waals surface area contributed by atoms with Gasteiger partial charge in [0.1, 0.15) is 14.4 Å². The van der Waals surface area contributed by atoms with Gasteiger partial charge >= 0.3 is 0 Å². The molecular weight excluding hydrogens is 532 g/mol. The maximum Gasteiger partial charge on any atom is 0.252 e. The lowest BCUT2D eigenvalue weighted by atomic mass is 9.80. The van der Waals surface area contributed by atoms with E-state index in [0.29, 0.717) is 0 Å². The number of halogens is 3. The summed E-state index contributed by atoms with van der Waals surface area (Å²) in [6, 6.07) is 7.66. The van der Waals surface area contributed by atoms with E-state index >= 15 is 0 Å². The minimum Gasteiger partial charge on any atom is -0.395 e. The summed E-state index contributed by atoms with van der Waals surface area (Å²) >= 11 is 13.0. The zero-order valence-corrected chi connectivity index (χ0v) is 22.1. The Balaban J connectivity index is 1.43. The number of benzene rings is 1. The molecule has 1 N–H and O–H groups in total. The number of sulfonamides is 1. The van der Waals surface area contributed by atoms with E-state index in [1.54, 1.807) is 12.1 Å². The van der Waals surface area contributed by atoms with Crippen LogP contribution in [0.1, 0.15) is 36.9 Å². The highest BCUT2D eigenvalue weighted by Crippen LogP contribution is 2.48. The van der Waals surface area contributed by atoms with Crippen LogP contribution in [0.5, 0.6) is 0 Å². The van der Waals surface area contributed by atoms with Crippen molar-refractivity contribution in [1.29, 1.82) is 0 Å². The van der Waals surface area contributed by atoms with Gasteiger partial charge in [-0.2, -0.15) is 9.40 Å². The molecule has 186 valence electrons. The van der Waals surface area contributed by atoms with Crippen LogP contribution < -0.4 is 0 Å². The molecule has 2 heterocycles. The van der Waals surface area contributed by atoms with Gasteiger partial charge in [-0.1, -0.05) is 41.3 Å². The van der Waals surface area contributed by atoms with E-state index in [1.807, 2.05) is 10.9 Å². The smallest absolute Gasteiger partial charge is 0.252 e. The molecule has 0 spiro atoms. The molecule has 0 bridgehead atoms. The lowest BCUT2D eigenvalue weighted by Gasteiger charge is -2.30. The number of aromatic nitrogens is 2. The van der Waals surface area contributed by atoms with Gasteiger partial charge in [-0.3, -0.25) is 0 Å². The minimum atomic E-state index is -3.85. The average molecular weight is 557 g/mol. The molecular formula is C24H24Cl2FN3O3S2. The summed E-state index contributed by atoms with van der Waals surface area (Å²) in [6.45, 7) is 2.12. The highest BCUT2D eigenvalue weighted by atomic mass is 35.5. The first-order valence-corrected chi connectivity index (χ1v) is 14.3. The third-order valence-corrected chi connectivity index (χ3v) is 11.1. The molecule has 0 amide bonds. The Labute approximate surface area is 217 Å². The lowest BCUT2D eigenvalue weighted by molar-refractivity contribution is 0.243. The molecule has 6 nitrogen and oxygen atoms in total. The van der Waals surface area contributed by atoms with Crippen molar-refractivity contribution in [3.05, 3.63) is 74.1 Å². The molecule has 5 rings (SSSR count). The number of aliphatic hydroxyl groups is 1. The molecule has 11 heteroatoms. The van der Waals surface area contributed by atoms with E-state index in [-0.39, 0.29) is 50.9 Å². The van der Waals surface area contributed by atoms with E-state index in [1.165, 1.54) is 33.7 Å². The Kier molecular flexibility index (Phi) is 6.84. The van der Waals surface area contributed by atoms with Crippen molar-refractivity contribution in [3.63, 3.8) is 0 Å². The van der Waals surface area contributed by atoms with Gasteiger partial charge in [0.15, 0.2) is 0 Å². The summed E-state index contributed by atoms with van der Waals surface area (Å²) in [5.41, 5.74) is 5.57. The van der Waals surface area contributed by atoms with Crippen LogP contribution in [0.25, 0.3) is 5.69 Å². The van der Waals surface area contributed by atoms with Gasteiger partial charge in [0.05, 0.1) is 29.2 Å². The van der Waals surface area contributed by atoms with Gasteiger partial charge in [-0.25, -0.2) is 17.5 Å². The van der Waals surface area contributed by atoms with Crippen molar-refractivity contribution in [2.24, 2.45) is 5.92 Å². The largest absolute Gasteiger partial charge is 0.395 e. The van der Waals surface area contributed by atoms with E-state index in [4.69, 9.17) is 23.2 Å². The Morgan fingerprint density at radius 2 is 2.03 bits per heavy atom. The fourth-order valence-corrected chi connectivity index (χ4v) is 8.84. The van der Waals surface area contributed by atoms with Gasteiger partial charge in [0.2, 0.25) is 0 Å². The monoisotopic (exact) mass is 555 g/mol. The molecule has 0 aliphatic heterocycles. The maximum absolute atomic E-state index is 13.4. The first-order chi connectivity index (χ1) is 16.7. The highest BCUT2D eigenvalue weighted by molar-refractivity contribution is 7.91. The molecule has 0 unspecified atom stereocenters. The summed E-state index contributed by atoms with van der Waals surface area (Å²) in [5, 5.41) is 14.4. The maximum atomic E-state index is 13.4. The Hall–Kier alpha value is -1.75. The van der Waals surface area contributed by atoms with Crippen LogP contribution >= 0.6 is 34.5 Å². The summed E-state index contributed by atoms with van der Waals surface area (Å²) < 4.78 is 43.6. The van der Waals surface area contributed by atoms with Gasteiger partial charge in [-0.15, -0.1) is 11.3 Å². The van der Waals surface area contributed by atoms with Crippen LogP contribution in [0.3, 0.4) is 0 Å². The van der Waals surface area contributed by atoms with Crippen molar-refractivity contribution in [2.45, 2.75) is 36.3 Å². The molecule has 0 radical (unpaired) electrons. The number of nitrogens with zero attached hydrogens (tertiary/aromatic N) is 3. The molecule has 2 atom stereocenters. The quantitative estimate of drug-likeness (QED) is 0.394. The van der Waals surface area contributed by atoms with Crippen LogP contribution in [0.4, 0.5) is 4.39 Å². The first kappa shape index (κ1) is 24.9. The number of fused-ring (bicyclic) bond motifs is 1. The van der Waals surface area contributed by atoms with Gasteiger partial charge < -0.3 is 5.11 Å². The second kappa shape index (κ2) is 9.61. The number of hydrogen-bond acceptors (Lipinski definition) is 5. The van der Waals surface area contributed by atoms with Crippen LogP contribution in [0.2, 0.25) is 9.36 Å². The van der Waals surface area contributed by atoms with Crippen LogP contribution in [0, 0.1) is 11.7 Å². The summed E-state index contributed by atoms with van der Waals surface area (Å²) in [6.07, 6.45) is 4.31. The third kappa shape index (κ3) is 4.47. The summed E-state index contributed by atoms with van der Waals surface area (Å²) in [5.74, 6) is -0.171. The van der Waals surface area contributed by atoms with Gasteiger partial charge in [-0.05, 0) is 49.1 Å². The fraction of sp³-hybridized carbons (Fsp3) is 0.375. The van der Waals surface area contributed by atoms with E-state index in [0.717, 1.165) is 47.5 Å². The third-order valence-electron chi connectivity index (χ3n) is 6.92. The molecule has 35 heavy (non-hydrogen) atoms. The molecule has 2 aliphatic rings. The number of rotatable bonds is 7. The second-order valence-corrected chi connectivity index (χ2v) is 13.1. The average Bonchev–Trinajstić information content (AvgIpc) is 3.52. The predicted molar refractivity (Wildman–Crippen MR) is 136 cm³/mol. The lowest BCUT2D eigenvalue weighted by Crippen LogP contribution is -2.37. The zero-order chi connectivity index (χ0) is 24.9. The van der Waals surface area contributed by atoms with Gasteiger partial charge in [0, 0.05) is 31.0 Å². The molecule has 0 fully saturated rings. The van der Waals surface area contributed by atoms with Crippen LogP contribution in [-0.4, -0.2) is 47.3 Å². The van der Waals surface area contributed by atoms with Crippen molar-refractivity contribution < 1.29 is 17.9 Å².